The summed E-state index contributed by atoms with van der Waals surface area (Å²) < 4.78 is 6.00. The zero-order valence-corrected chi connectivity index (χ0v) is 16.7. The van der Waals surface area contributed by atoms with Crippen molar-refractivity contribution in [2.75, 3.05) is 26.2 Å². The lowest BCUT2D eigenvalue weighted by Crippen LogP contribution is -2.45. The zero-order chi connectivity index (χ0) is 16.9. The van der Waals surface area contributed by atoms with E-state index in [1.165, 1.54) is 12.8 Å². The molecule has 4 unspecified atom stereocenters. The van der Waals surface area contributed by atoms with Crippen LogP contribution in [0.1, 0.15) is 59.8 Å². The number of piperidine rings is 1. The number of halogens is 1. The molecule has 0 aromatic heterocycles. The molecular formula is C19H37ClN2O2. The van der Waals surface area contributed by atoms with Gasteiger partial charge in [0.15, 0.2) is 0 Å². The van der Waals surface area contributed by atoms with E-state index in [-0.39, 0.29) is 29.8 Å². The third kappa shape index (κ3) is 6.53. The van der Waals surface area contributed by atoms with Crippen LogP contribution in [0.3, 0.4) is 0 Å². The molecule has 2 fully saturated rings. The van der Waals surface area contributed by atoms with Crippen LogP contribution in [0.2, 0.25) is 0 Å². The minimum atomic E-state index is 0. The molecule has 0 radical (unpaired) electrons. The topological polar surface area (TPSA) is 50.4 Å². The molecule has 5 heteroatoms. The van der Waals surface area contributed by atoms with Crippen molar-refractivity contribution in [2.24, 2.45) is 23.2 Å². The Bertz CT molecular complexity index is 378. The van der Waals surface area contributed by atoms with Gasteiger partial charge in [0.05, 0.1) is 6.10 Å². The van der Waals surface area contributed by atoms with E-state index in [2.05, 4.69) is 38.3 Å². The van der Waals surface area contributed by atoms with Crippen molar-refractivity contribution >= 4 is 18.3 Å². The van der Waals surface area contributed by atoms with Crippen molar-refractivity contribution in [1.82, 2.24) is 10.6 Å². The number of amides is 1. The molecule has 2 aliphatic heterocycles. The summed E-state index contributed by atoms with van der Waals surface area (Å²) in [6.07, 6.45) is 5.66. The largest absolute Gasteiger partial charge is 0.377 e. The van der Waals surface area contributed by atoms with Gasteiger partial charge in [-0.15, -0.1) is 12.4 Å². The molecule has 2 aliphatic rings. The highest BCUT2D eigenvalue weighted by atomic mass is 35.5. The molecule has 0 aliphatic carbocycles. The Morgan fingerprint density at radius 1 is 1.29 bits per heavy atom. The van der Waals surface area contributed by atoms with Gasteiger partial charge in [-0.3, -0.25) is 4.79 Å². The highest BCUT2D eigenvalue weighted by Gasteiger charge is 2.35. The Hall–Kier alpha value is -0.320. The van der Waals surface area contributed by atoms with Crippen LogP contribution in [-0.2, 0) is 9.53 Å². The van der Waals surface area contributed by atoms with Gasteiger partial charge < -0.3 is 15.4 Å². The van der Waals surface area contributed by atoms with Gasteiger partial charge in [-0.2, -0.15) is 0 Å². The predicted molar refractivity (Wildman–Crippen MR) is 102 cm³/mol. The summed E-state index contributed by atoms with van der Waals surface area (Å²) in [5, 5.41) is 6.63. The Labute approximate surface area is 154 Å². The summed E-state index contributed by atoms with van der Waals surface area (Å²) in [7, 11) is 0. The molecule has 0 saturated carbocycles. The maximum atomic E-state index is 12.3. The van der Waals surface area contributed by atoms with Gasteiger partial charge in [0.25, 0.3) is 0 Å². The van der Waals surface area contributed by atoms with E-state index in [1.54, 1.807) is 0 Å². The fourth-order valence-corrected chi connectivity index (χ4v) is 4.15. The Kier molecular flexibility index (Phi) is 9.03. The number of ether oxygens (including phenoxy) is 1. The zero-order valence-electron chi connectivity index (χ0n) is 15.9. The number of hydrogen-bond acceptors (Lipinski definition) is 3. The van der Waals surface area contributed by atoms with E-state index in [0.717, 1.165) is 39.1 Å². The molecule has 2 N–H and O–H groups in total. The molecule has 24 heavy (non-hydrogen) atoms. The molecule has 142 valence electrons. The molecule has 2 rings (SSSR count). The van der Waals surface area contributed by atoms with Crippen molar-refractivity contribution in [1.29, 1.82) is 0 Å². The monoisotopic (exact) mass is 360 g/mol. The lowest BCUT2D eigenvalue weighted by atomic mass is 9.78. The molecule has 4 nitrogen and oxygen atoms in total. The van der Waals surface area contributed by atoms with Gasteiger partial charge in [0, 0.05) is 25.5 Å². The number of rotatable bonds is 5. The lowest BCUT2D eigenvalue weighted by molar-refractivity contribution is -0.124. The first kappa shape index (κ1) is 21.7. The maximum Gasteiger partial charge on any atom is 0.220 e. The molecule has 2 saturated heterocycles. The van der Waals surface area contributed by atoms with Crippen molar-refractivity contribution in [3.63, 3.8) is 0 Å². The summed E-state index contributed by atoms with van der Waals surface area (Å²) in [6.45, 7) is 12.7. The number of hydrogen-bond donors (Lipinski definition) is 2. The van der Waals surface area contributed by atoms with E-state index in [4.69, 9.17) is 4.74 Å². The SMILES string of the molecule is CC(CC(=O)NCC1CCCOC1C(C)(C)C)C1CCCNC1.Cl. The highest BCUT2D eigenvalue weighted by Crippen LogP contribution is 2.33. The first-order valence-corrected chi connectivity index (χ1v) is 9.47. The van der Waals surface area contributed by atoms with Gasteiger partial charge in [0.2, 0.25) is 5.91 Å². The Morgan fingerprint density at radius 3 is 2.67 bits per heavy atom. The smallest absolute Gasteiger partial charge is 0.220 e. The summed E-state index contributed by atoms with van der Waals surface area (Å²) >= 11 is 0. The minimum Gasteiger partial charge on any atom is -0.377 e. The summed E-state index contributed by atoms with van der Waals surface area (Å²) in [6, 6.07) is 0. The molecule has 4 atom stereocenters. The van der Waals surface area contributed by atoms with Crippen LogP contribution in [0.4, 0.5) is 0 Å². The third-order valence-electron chi connectivity index (χ3n) is 5.51. The number of carbonyl (C=O) groups is 1. The van der Waals surface area contributed by atoms with Gasteiger partial charge in [-0.25, -0.2) is 0 Å². The maximum absolute atomic E-state index is 12.3. The molecular weight excluding hydrogens is 324 g/mol. The van der Waals surface area contributed by atoms with Gasteiger partial charge in [-0.1, -0.05) is 27.7 Å². The third-order valence-corrected chi connectivity index (χ3v) is 5.51. The quantitative estimate of drug-likeness (QED) is 0.790. The molecule has 0 spiro atoms. The van der Waals surface area contributed by atoms with E-state index in [9.17, 15) is 4.79 Å². The summed E-state index contributed by atoms with van der Waals surface area (Å²) in [5.41, 5.74) is 0.136. The fraction of sp³-hybridized carbons (Fsp3) is 0.947. The van der Waals surface area contributed by atoms with Crippen LogP contribution in [0.25, 0.3) is 0 Å². The fourth-order valence-electron chi connectivity index (χ4n) is 4.15. The molecule has 0 aromatic rings. The van der Waals surface area contributed by atoms with E-state index >= 15 is 0 Å². The molecule has 0 bridgehead atoms. The predicted octanol–water partition coefficient (Wildman–Crippen LogP) is 3.39. The first-order valence-electron chi connectivity index (χ1n) is 9.47. The normalized spacial score (nSPS) is 29.4. The van der Waals surface area contributed by atoms with Gasteiger partial charge in [-0.05, 0) is 56.0 Å². The first-order chi connectivity index (χ1) is 10.9. The van der Waals surface area contributed by atoms with Crippen molar-refractivity contribution in [3.8, 4) is 0 Å². The molecule has 2 heterocycles. The number of carbonyl (C=O) groups excluding carboxylic acids is 1. The Morgan fingerprint density at radius 2 is 2.04 bits per heavy atom. The summed E-state index contributed by atoms with van der Waals surface area (Å²) in [4.78, 5) is 12.3. The van der Waals surface area contributed by atoms with E-state index in [0.29, 0.717) is 24.2 Å². The second-order valence-corrected chi connectivity index (χ2v) is 8.65. The second kappa shape index (κ2) is 9.98. The van der Waals surface area contributed by atoms with Crippen LogP contribution in [0, 0.1) is 23.2 Å². The van der Waals surface area contributed by atoms with Crippen LogP contribution in [-0.4, -0.2) is 38.3 Å². The molecule has 0 aromatic carbocycles. The average Bonchev–Trinajstić information content (AvgIpc) is 2.53. The number of nitrogens with one attached hydrogen (secondary N) is 2. The highest BCUT2D eigenvalue weighted by molar-refractivity contribution is 5.85. The van der Waals surface area contributed by atoms with Gasteiger partial charge >= 0.3 is 0 Å². The van der Waals surface area contributed by atoms with Crippen molar-refractivity contribution < 1.29 is 9.53 Å². The lowest BCUT2D eigenvalue weighted by Gasteiger charge is -2.40. The van der Waals surface area contributed by atoms with Crippen LogP contribution < -0.4 is 10.6 Å². The van der Waals surface area contributed by atoms with Crippen LogP contribution >= 0.6 is 12.4 Å². The van der Waals surface area contributed by atoms with Crippen LogP contribution in [0.5, 0.6) is 0 Å². The Balaban J connectivity index is 0.00000288. The van der Waals surface area contributed by atoms with Crippen molar-refractivity contribution in [2.45, 2.75) is 65.9 Å². The van der Waals surface area contributed by atoms with E-state index in [1.807, 2.05) is 0 Å². The van der Waals surface area contributed by atoms with Gasteiger partial charge in [0.1, 0.15) is 0 Å². The average molecular weight is 361 g/mol. The second-order valence-electron chi connectivity index (χ2n) is 8.65. The van der Waals surface area contributed by atoms with E-state index < -0.39 is 0 Å². The standard InChI is InChI=1S/C19H36N2O2.ClH/c1-14(15-7-5-9-20-12-15)11-17(22)21-13-16-8-6-10-23-18(16)19(2,3)4;/h14-16,18,20H,5-13H2,1-4H3,(H,21,22);1H. The minimum absolute atomic E-state index is 0. The van der Waals surface area contributed by atoms with Crippen LogP contribution in [0.15, 0.2) is 0 Å². The summed E-state index contributed by atoms with van der Waals surface area (Å²) in [5.74, 6) is 1.76. The molecule has 1 amide bonds. The van der Waals surface area contributed by atoms with Crippen molar-refractivity contribution in [3.05, 3.63) is 0 Å².